The topological polar surface area (TPSA) is 39.2 Å². The molecule has 4 heteroatoms. The van der Waals surface area contributed by atoms with Gasteiger partial charge in [0.1, 0.15) is 4.88 Å². The SMILES string of the molecule is COC(=O)c1cnc(Cc2ccccc2C)s1. The summed E-state index contributed by atoms with van der Waals surface area (Å²) in [7, 11) is 1.38. The van der Waals surface area contributed by atoms with E-state index in [1.54, 1.807) is 6.20 Å². The molecule has 1 aromatic heterocycles. The molecule has 0 saturated carbocycles. The van der Waals surface area contributed by atoms with Crippen LogP contribution in [0.15, 0.2) is 30.5 Å². The molecule has 2 aromatic rings. The highest BCUT2D eigenvalue weighted by atomic mass is 32.1. The Morgan fingerprint density at radius 3 is 2.88 bits per heavy atom. The van der Waals surface area contributed by atoms with E-state index in [1.165, 1.54) is 29.6 Å². The lowest BCUT2D eigenvalue weighted by Crippen LogP contribution is -1.96. The Kier molecular flexibility index (Phi) is 3.54. The number of aromatic nitrogens is 1. The number of aryl methyl sites for hydroxylation is 1. The maximum atomic E-state index is 11.3. The Morgan fingerprint density at radius 1 is 1.41 bits per heavy atom. The number of ether oxygens (including phenoxy) is 1. The largest absolute Gasteiger partial charge is 0.465 e. The molecule has 0 saturated heterocycles. The molecule has 1 aromatic carbocycles. The summed E-state index contributed by atoms with van der Waals surface area (Å²) in [5, 5.41) is 0.930. The van der Waals surface area contributed by atoms with Crippen LogP contribution in [-0.4, -0.2) is 18.1 Å². The maximum absolute atomic E-state index is 11.3. The van der Waals surface area contributed by atoms with Gasteiger partial charge in [-0.1, -0.05) is 24.3 Å². The summed E-state index contributed by atoms with van der Waals surface area (Å²) in [4.78, 5) is 16.1. The number of carbonyl (C=O) groups is 1. The third-order valence-electron chi connectivity index (χ3n) is 2.54. The molecule has 2 rings (SSSR count). The molecule has 0 aliphatic heterocycles. The molecule has 3 nitrogen and oxygen atoms in total. The van der Waals surface area contributed by atoms with E-state index < -0.39 is 0 Å². The van der Waals surface area contributed by atoms with E-state index in [0.29, 0.717) is 4.88 Å². The van der Waals surface area contributed by atoms with Gasteiger partial charge < -0.3 is 4.74 Å². The number of carbonyl (C=O) groups excluding carboxylic acids is 1. The highest BCUT2D eigenvalue weighted by Crippen LogP contribution is 2.19. The van der Waals surface area contributed by atoms with Crippen molar-refractivity contribution < 1.29 is 9.53 Å². The molecule has 88 valence electrons. The van der Waals surface area contributed by atoms with Crippen LogP contribution in [0, 0.1) is 6.92 Å². The number of esters is 1. The summed E-state index contributed by atoms with van der Waals surface area (Å²) in [5.41, 5.74) is 2.47. The van der Waals surface area contributed by atoms with Crippen LogP contribution in [0.4, 0.5) is 0 Å². The fraction of sp³-hybridized carbons (Fsp3) is 0.231. The van der Waals surface area contributed by atoms with E-state index in [1.807, 2.05) is 12.1 Å². The predicted molar refractivity (Wildman–Crippen MR) is 67.4 cm³/mol. The third kappa shape index (κ3) is 2.71. The molecule has 0 spiro atoms. The standard InChI is InChI=1S/C13H13NO2S/c1-9-5-3-4-6-10(9)7-12-14-8-11(17-12)13(15)16-2/h3-6,8H,7H2,1-2H3. The first kappa shape index (κ1) is 11.8. The van der Waals surface area contributed by atoms with E-state index >= 15 is 0 Å². The first-order valence-electron chi connectivity index (χ1n) is 5.28. The van der Waals surface area contributed by atoms with Gasteiger partial charge in [-0.05, 0) is 18.1 Å². The van der Waals surface area contributed by atoms with Gasteiger partial charge in [0.05, 0.1) is 18.3 Å². The summed E-state index contributed by atoms with van der Waals surface area (Å²) >= 11 is 1.38. The Hall–Kier alpha value is -1.68. The van der Waals surface area contributed by atoms with Gasteiger partial charge >= 0.3 is 5.97 Å². The van der Waals surface area contributed by atoms with Crippen molar-refractivity contribution in [3.05, 3.63) is 51.5 Å². The maximum Gasteiger partial charge on any atom is 0.349 e. The summed E-state index contributed by atoms with van der Waals surface area (Å²) in [6.07, 6.45) is 2.33. The summed E-state index contributed by atoms with van der Waals surface area (Å²) in [6.45, 7) is 2.07. The zero-order chi connectivity index (χ0) is 12.3. The Labute approximate surface area is 104 Å². The van der Waals surface area contributed by atoms with Crippen LogP contribution in [0.5, 0.6) is 0 Å². The second kappa shape index (κ2) is 5.10. The van der Waals surface area contributed by atoms with Crippen LogP contribution < -0.4 is 0 Å². The average molecular weight is 247 g/mol. The fourth-order valence-corrected chi connectivity index (χ4v) is 2.42. The van der Waals surface area contributed by atoms with Crippen molar-refractivity contribution in [2.24, 2.45) is 0 Å². The van der Waals surface area contributed by atoms with Gasteiger partial charge in [0.2, 0.25) is 0 Å². The summed E-state index contributed by atoms with van der Waals surface area (Å²) in [5.74, 6) is -0.321. The van der Waals surface area contributed by atoms with E-state index in [-0.39, 0.29) is 5.97 Å². The molecule has 0 N–H and O–H groups in total. The number of nitrogens with zero attached hydrogens (tertiary/aromatic N) is 1. The second-order valence-electron chi connectivity index (χ2n) is 3.71. The first-order valence-corrected chi connectivity index (χ1v) is 6.10. The lowest BCUT2D eigenvalue weighted by Gasteiger charge is -2.01. The smallest absolute Gasteiger partial charge is 0.349 e. The van der Waals surface area contributed by atoms with E-state index in [9.17, 15) is 4.79 Å². The molecule has 0 amide bonds. The van der Waals surface area contributed by atoms with Crippen LogP contribution in [0.2, 0.25) is 0 Å². The number of hydrogen-bond acceptors (Lipinski definition) is 4. The van der Waals surface area contributed by atoms with Crippen molar-refractivity contribution in [2.45, 2.75) is 13.3 Å². The molecule has 0 fully saturated rings. The van der Waals surface area contributed by atoms with Gasteiger partial charge in [-0.25, -0.2) is 9.78 Å². The molecular weight excluding hydrogens is 234 g/mol. The number of hydrogen-bond donors (Lipinski definition) is 0. The van der Waals surface area contributed by atoms with Crippen molar-refractivity contribution in [2.75, 3.05) is 7.11 Å². The van der Waals surface area contributed by atoms with Crippen molar-refractivity contribution >= 4 is 17.3 Å². The average Bonchev–Trinajstić information content (AvgIpc) is 2.80. The normalized spacial score (nSPS) is 10.2. The van der Waals surface area contributed by atoms with Crippen LogP contribution in [0.3, 0.4) is 0 Å². The number of thiazole rings is 1. The van der Waals surface area contributed by atoms with Gasteiger partial charge in [-0.2, -0.15) is 0 Å². The van der Waals surface area contributed by atoms with Crippen LogP contribution >= 0.6 is 11.3 Å². The molecule has 0 bridgehead atoms. The molecule has 0 atom stereocenters. The number of methoxy groups -OCH3 is 1. The van der Waals surface area contributed by atoms with Crippen LogP contribution in [-0.2, 0) is 11.2 Å². The molecule has 0 radical (unpaired) electrons. The van der Waals surface area contributed by atoms with Crippen molar-refractivity contribution in [1.82, 2.24) is 4.98 Å². The van der Waals surface area contributed by atoms with Crippen molar-refractivity contribution in [3.63, 3.8) is 0 Å². The zero-order valence-corrected chi connectivity index (χ0v) is 10.6. The van der Waals surface area contributed by atoms with E-state index in [0.717, 1.165) is 11.4 Å². The Morgan fingerprint density at radius 2 is 2.18 bits per heavy atom. The predicted octanol–water partition coefficient (Wildman–Crippen LogP) is 2.83. The van der Waals surface area contributed by atoms with Crippen molar-refractivity contribution in [1.29, 1.82) is 0 Å². The number of benzene rings is 1. The van der Waals surface area contributed by atoms with Gasteiger partial charge in [0.15, 0.2) is 0 Å². The highest BCUT2D eigenvalue weighted by Gasteiger charge is 2.11. The van der Waals surface area contributed by atoms with Crippen molar-refractivity contribution in [3.8, 4) is 0 Å². The minimum atomic E-state index is -0.321. The molecule has 1 heterocycles. The minimum absolute atomic E-state index is 0.321. The van der Waals surface area contributed by atoms with E-state index in [4.69, 9.17) is 0 Å². The van der Waals surface area contributed by atoms with Gasteiger partial charge in [-0.3, -0.25) is 0 Å². The fourth-order valence-electron chi connectivity index (χ4n) is 1.56. The van der Waals surface area contributed by atoms with Gasteiger partial charge in [0.25, 0.3) is 0 Å². The van der Waals surface area contributed by atoms with Crippen LogP contribution in [0.1, 0.15) is 25.8 Å². The quantitative estimate of drug-likeness (QED) is 0.783. The zero-order valence-electron chi connectivity index (χ0n) is 9.77. The molecule has 0 aliphatic rings. The van der Waals surface area contributed by atoms with Gasteiger partial charge in [0, 0.05) is 6.42 Å². The molecule has 0 aliphatic carbocycles. The highest BCUT2D eigenvalue weighted by molar-refractivity contribution is 7.13. The summed E-state index contributed by atoms with van der Waals surface area (Å²) < 4.78 is 4.66. The lowest BCUT2D eigenvalue weighted by molar-refractivity contribution is 0.0606. The molecular formula is C13H13NO2S. The molecule has 0 unspecified atom stereocenters. The molecule has 17 heavy (non-hydrogen) atoms. The lowest BCUT2D eigenvalue weighted by atomic mass is 10.1. The van der Waals surface area contributed by atoms with E-state index in [2.05, 4.69) is 28.8 Å². The Bertz CT molecular complexity index is 534. The minimum Gasteiger partial charge on any atom is -0.465 e. The van der Waals surface area contributed by atoms with Gasteiger partial charge in [-0.15, -0.1) is 11.3 Å². The summed E-state index contributed by atoms with van der Waals surface area (Å²) in [6, 6.07) is 8.18. The second-order valence-corrected chi connectivity index (χ2v) is 4.83. The number of rotatable bonds is 3. The first-order chi connectivity index (χ1) is 8.20. The Balaban J connectivity index is 2.17. The third-order valence-corrected chi connectivity index (χ3v) is 3.52. The monoisotopic (exact) mass is 247 g/mol. The van der Waals surface area contributed by atoms with Crippen LogP contribution in [0.25, 0.3) is 0 Å².